The summed E-state index contributed by atoms with van der Waals surface area (Å²) in [7, 11) is 2.03. The number of nitrogens with one attached hydrogen (secondary N) is 1. The lowest BCUT2D eigenvalue weighted by atomic mass is 9.95. The summed E-state index contributed by atoms with van der Waals surface area (Å²) in [5.74, 6) is 0.728. The van der Waals surface area contributed by atoms with Crippen molar-refractivity contribution in [1.82, 2.24) is 14.9 Å². The molecule has 0 radical (unpaired) electrons. The molecule has 0 aliphatic heterocycles. The van der Waals surface area contributed by atoms with E-state index < -0.39 is 0 Å². The molecule has 2 unspecified atom stereocenters. The minimum absolute atomic E-state index is 0.393. The number of hydrogen-bond acceptors (Lipinski definition) is 2. The molecule has 2 aromatic rings. The molecule has 2 rings (SSSR count). The van der Waals surface area contributed by atoms with Crippen molar-refractivity contribution in [3.8, 4) is 0 Å². The Labute approximate surface area is 103 Å². The van der Waals surface area contributed by atoms with Crippen LogP contribution >= 0.6 is 0 Å². The molecule has 3 heteroatoms. The molecule has 2 aromatic heterocycles. The van der Waals surface area contributed by atoms with Crippen LogP contribution in [-0.2, 0) is 0 Å². The fourth-order valence-electron chi connectivity index (χ4n) is 2.19. The summed E-state index contributed by atoms with van der Waals surface area (Å²) in [6, 6.07) is 6.59. The van der Waals surface area contributed by atoms with Gasteiger partial charge in [-0.15, -0.1) is 0 Å². The summed E-state index contributed by atoms with van der Waals surface area (Å²) >= 11 is 0. The van der Waals surface area contributed by atoms with Crippen LogP contribution in [0, 0.1) is 5.92 Å². The monoisotopic (exact) mass is 231 g/mol. The van der Waals surface area contributed by atoms with Crippen LogP contribution in [0.15, 0.2) is 30.6 Å². The van der Waals surface area contributed by atoms with Gasteiger partial charge in [0.25, 0.3) is 0 Å². The van der Waals surface area contributed by atoms with Crippen LogP contribution in [0.3, 0.4) is 0 Å². The summed E-state index contributed by atoms with van der Waals surface area (Å²) in [6.07, 6.45) is 6.36. The van der Waals surface area contributed by atoms with Gasteiger partial charge in [-0.1, -0.05) is 26.3 Å². The average molecular weight is 231 g/mol. The maximum absolute atomic E-state index is 4.40. The second-order valence-corrected chi connectivity index (χ2v) is 4.72. The van der Waals surface area contributed by atoms with Crippen molar-refractivity contribution in [1.29, 1.82) is 0 Å². The highest BCUT2D eigenvalue weighted by atomic mass is 15.2. The van der Waals surface area contributed by atoms with Gasteiger partial charge in [0.15, 0.2) is 0 Å². The van der Waals surface area contributed by atoms with Gasteiger partial charge in [0.2, 0.25) is 0 Å². The van der Waals surface area contributed by atoms with Gasteiger partial charge in [0, 0.05) is 17.8 Å². The minimum Gasteiger partial charge on any atom is -0.313 e. The summed E-state index contributed by atoms with van der Waals surface area (Å²) in [6.45, 7) is 4.55. The molecule has 0 spiro atoms. The van der Waals surface area contributed by atoms with Crippen molar-refractivity contribution < 1.29 is 0 Å². The first-order valence-corrected chi connectivity index (χ1v) is 6.35. The van der Waals surface area contributed by atoms with Crippen molar-refractivity contribution in [2.75, 3.05) is 7.05 Å². The number of fused-ring (bicyclic) bond motifs is 1. The molecule has 17 heavy (non-hydrogen) atoms. The highest BCUT2D eigenvalue weighted by molar-refractivity contribution is 5.54. The first kappa shape index (κ1) is 12.1. The smallest absolute Gasteiger partial charge is 0.0709 e. The molecule has 3 nitrogen and oxygen atoms in total. The first-order chi connectivity index (χ1) is 8.26. The predicted molar refractivity (Wildman–Crippen MR) is 71.1 cm³/mol. The standard InChI is InChI=1S/C14H21N3/c1-4-11(2)9-13(15-3)12-10-16-17-8-6-5-7-14(12)17/h5-8,10-11,13,15H,4,9H2,1-3H3. The van der Waals surface area contributed by atoms with Crippen LogP contribution in [-0.4, -0.2) is 16.7 Å². The highest BCUT2D eigenvalue weighted by Crippen LogP contribution is 2.25. The van der Waals surface area contributed by atoms with Crippen LogP contribution in [0.2, 0.25) is 0 Å². The molecule has 0 fully saturated rings. The maximum Gasteiger partial charge on any atom is 0.0709 e. The topological polar surface area (TPSA) is 29.3 Å². The molecule has 0 bridgehead atoms. The van der Waals surface area contributed by atoms with Gasteiger partial charge in [0.1, 0.15) is 0 Å². The molecule has 0 aliphatic carbocycles. The molecule has 0 saturated heterocycles. The lowest BCUT2D eigenvalue weighted by Gasteiger charge is -2.19. The van der Waals surface area contributed by atoms with E-state index in [1.165, 1.54) is 17.5 Å². The Hall–Kier alpha value is -1.35. The Morgan fingerprint density at radius 3 is 2.94 bits per heavy atom. The zero-order valence-electron chi connectivity index (χ0n) is 10.9. The number of aromatic nitrogens is 2. The largest absolute Gasteiger partial charge is 0.313 e. The zero-order chi connectivity index (χ0) is 12.3. The molecule has 0 aliphatic rings. The fraction of sp³-hybridized carbons (Fsp3) is 0.500. The molecule has 0 saturated carbocycles. The summed E-state index contributed by atoms with van der Waals surface area (Å²) in [5, 5.41) is 7.81. The second-order valence-electron chi connectivity index (χ2n) is 4.72. The third kappa shape index (κ3) is 2.50. The van der Waals surface area contributed by atoms with Gasteiger partial charge in [0.05, 0.1) is 11.7 Å². The summed E-state index contributed by atoms with van der Waals surface area (Å²) < 4.78 is 1.94. The van der Waals surface area contributed by atoms with Crippen molar-refractivity contribution in [3.63, 3.8) is 0 Å². The molecule has 1 N–H and O–H groups in total. The quantitative estimate of drug-likeness (QED) is 0.857. The highest BCUT2D eigenvalue weighted by Gasteiger charge is 2.16. The van der Waals surface area contributed by atoms with Gasteiger partial charge in [-0.2, -0.15) is 5.10 Å². The van der Waals surface area contributed by atoms with E-state index in [9.17, 15) is 0 Å². The SMILES string of the molecule is CCC(C)CC(NC)c1cnn2ccccc12. The third-order valence-corrected chi connectivity index (χ3v) is 3.52. The lowest BCUT2D eigenvalue weighted by Crippen LogP contribution is -2.18. The number of nitrogens with zero attached hydrogens (tertiary/aromatic N) is 2. The third-order valence-electron chi connectivity index (χ3n) is 3.52. The Bertz CT molecular complexity index is 475. The van der Waals surface area contributed by atoms with Crippen LogP contribution in [0.5, 0.6) is 0 Å². The molecule has 0 amide bonds. The van der Waals surface area contributed by atoms with Gasteiger partial charge in [-0.05, 0) is 31.5 Å². The molecule has 92 valence electrons. The Balaban J connectivity index is 2.30. The van der Waals surface area contributed by atoms with E-state index in [0.717, 1.165) is 12.3 Å². The van der Waals surface area contributed by atoms with E-state index >= 15 is 0 Å². The number of hydrogen-bond donors (Lipinski definition) is 1. The van der Waals surface area contributed by atoms with Crippen LogP contribution in [0.4, 0.5) is 0 Å². The predicted octanol–water partition coefficient (Wildman–Crippen LogP) is 3.03. The van der Waals surface area contributed by atoms with E-state index in [1.54, 1.807) is 0 Å². The Morgan fingerprint density at radius 2 is 2.24 bits per heavy atom. The second kappa shape index (κ2) is 5.32. The molecule has 0 aromatic carbocycles. The summed E-state index contributed by atoms with van der Waals surface area (Å²) in [5.41, 5.74) is 2.50. The van der Waals surface area contributed by atoms with E-state index in [-0.39, 0.29) is 0 Å². The molecular formula is C14H21N3. The van der Waals surface area contributed by atoms with E-state index in [4.69, 9.17) is 0 Å². The van der Waals surface area contributed by atoms with Gasteiger partial charge < -0.3 is 5.32 Å². The fourth-order valence-corrected chi connectivity index (χ4v) is 2.19. The van der Waals surface area contributed by atoms with Gasteiger partial charge in [-0.3, -0.25) is 0 Å². The molecular weight excluding hydrogens is 210 g/mol. The first-order valence-electron chi connectivity index (χ1n) is 6.35. The van der Waals surface area contributed by atoms with E-state index in [1.807, 2.05) is 30.0 Å². The normalized spacial score (nSPS) is 15.0. The van der Waals surface area contributed by atoms with E-state index in [0.29, 0.717) is 6.04 Å². The average Bonchev–Trinajstić information content (AvgIpc) is 2.79. The lowest BCUT2D eigenvalue weighted by molar-refractivity contribution is 0.423. The molecule has 2 heterocycles. The van der Waals surface area contributed by atoms with Gasteiger partial charge in [-0.25, -0.2) is 4.52 Å². The minimum atomic E-state index is 0.393. The molecule has 2 atom stereocenters. The maximum atomic E-state index is 4.40. The van der Waals surface area contributed by atoms with Crippen molar-refractivity contribution in [2.45, 2.75) is 32.7 Å². The number of pyridine rings is 1. The summed E-state index contributed by atoms with van der Waals surface area (Å²) in [4.78, 5) is 0. The Kier molecular flexibility index (Phi) is 3.79. The van der Waals surface area contributed by atoms with Crippen molar-refractivity contribution >= 4 is 5.52 Å². The zero-order valence-corrected chi connectivity index (χ0v) is 10.9. The van der Waals surface area contributed by atoms with Gasteiger partial charge >= 0.3 is 0 Å². The van der Waals surface area contributed by atoms with Crippen molar-refractivity contribution in [2.24, 2.45) is 5.92 Å². The van der Waals surface area contributed by atoms with E-state index in [2.05, 4.69) is 36.4 Å². The van der Waals surface area contributed by atoms with Crippen LogP contribution in [0.25, 0.3) is 5.52 Å². The van der Waals surface area contributed by atoms with Crippen molar-refractivity contribution in [3.05, 3.63) is 36.2 Å². The number of rotatable bonds is 5. The van der Waals surface area contributed by atoms with Crippen LogP contribution in [0.1, 0.15) is 38.3 Å². The Morgan fingerprint density at radius 1 is 1.41 bits per heavy atom. The van der Waals surface area contributed by atoms with Crippen LogP contribution < -0.4 is 5.32 Å².